The molecule has 0 unspecified atom stereocenters. The number of carbonyl (C=O) groups is 2. The lowest BCUT2D eigenvalue weighted by atomic mass is 9.87. The molecular formula is C25H33FN4O3. The van der Waals surface area contributed by atoms with Crippen molar-refractivity contribution in [2.24, 2.45) is 0 Å². The highest BCUT2D eigenvalue weighted by atomic mass is 19.1. The van der Waals surface area contributed by atoms with Crippen molar-refractivity contribution in [1.82, 2.24) is 15.5 Å². The van der Waals surface area contributed by atoms with Crippen LogP contribution in [0.2, 0.25) is 0 Å². The average molecular weight is 457 g/mol. The van der Waals surface area contributed by atoms with E-state index in [0.29, 0.717) is 44.8 Å². The van der Waals surface area contributed by atoms with Crippen LogP contribution in [0.15, 0.2) is 48.5 Å². The van der Waals surface area contributed by atoms with Crippen molar-refractivity contribution < 1.29 is 18.7 Å². The number of anilines is 1. The third kappa shape index (κ3) is 7.66. The Bertz CT molecular complexity index is 918. The average Bonchev–Trinajstić information content (AvgIpc) is 2.78. The summed E-state index contributed by atoms with van der Waals surface area (Å²) in [5.41, 5.74) is 1.87. The number of piperidine rings is 1. The highest BCUT2D eigenvalue weighted by Crippen LogP contribution is 2.24. The summed E-state index contributed by atoms with van der Waals surface area (Å²) in [7, 11) is 0. The number of carbonyl (C=O) groups excluding carboxylic acids is 2. The molecule has 2 aromatic rings. The number of hydrogen-bond donors (Lipinski definition) is 3. The minimum absolute atomic E-state index is 0.0195. The highest BCUT2D eigenvalue weighted by Gasteiger charge is 2.23. The highest BCUT2D eigenvalue weighted by molar-refractivity contribution is 5.89. The first-order chi connectivity index (χ1) is 15.7. The van der Waals surface area contributed by atoms with Gasteiger partial charge >= 0.3 is 12.1 Å². The molecule has 3 rings (SSSR count). The Morgan fingerprint density at radius 2 is 1.67 bits per heavy atom. The summed E-state index contributed by atoms with van der Waals surface area (Å²) in [5.74, 6) is 0.427. The number of ether oxygens (including phenoxy) is 1. The number of likely N-dealkylation sites (tertiary alicyclic amines) is 1. The fraction of sp³-hybridized carbons (Fsp3) is 0.440. The fourth-order valence-electron chi connectivity index (χ4n) is 3.60. The van der Waals surface area contributed by atoms with E-state index >= 15 is 0 Å². The molecule has 33 heavy (non-hydrogen) atoms. The maximum atomic E-state index is 13.0. The van der Waals surface area contributed by atoms with Crippen molar-refractivity contribution >= 4 is 17.7 Å². The zero-order valence-electron chi connectivity index (χ0n) is 19.5. The molecule has 0 bridgehead atoms. The summed E-state index contributed by atoms with van der Waals surface area (Å²) in [5, 5.41) is 8.47. The monoisotopic (exact) mass is 456 g/mol. The second-order valence-corrected chi connectivity index (χ2v) is 9.22. The molecule has 0 atom stereocenters. The SMILES string of the molecule is CC(C)(C)c1ccc(OCCNC(=O)N2CCC(NC(=O)Nc3ccc(F)cc3)CC2)cc1. The van der Waals surface area contributed by atoms with Crippen LogP contribution in [0.4, 0.5) is 19.7 Å². The van der Waals surface area contributed by atoms with E-state index in [1.165, 1.54) is 29.8 Å². The first-order valence-electron chi connectivity index (χ1n) is 11.3. The predicted molar refractivity (Wildman–Crippen MR) is 127 cm³/mol. The second-order valence-electron chi connectivity index (χ2n) is 9.22. The van der Waals surface area contributed by atoms with Crippen molar-refractivity contribution in [3.05, 3.63) is 59.9 Å². The van der Waals surface area contributed by atoms with E-state index in [1.54, 1.807) is 4.90 Å². The Morgan fingerprint density at radius 1 is 1.03 bits per heavy atom. The van der Waals surface area contributed by atoms with Gasteiger partial charge in [0.15, 0.2) is 0 Å². The smallest absolute Gasteiger partial charge is 0.319 e. The summed E-state index contributed by atoms with van der Waals surface area (Å²) in [4.78, 5) is 26.3. The molecule has 0 radical (unpaired) electrons. The molecular weight excluding hydrogens is 423 g/mol. The second kappa shape index (κ2) is 11.0. The van der Waals surface area contributed by atoms with Gasteiger partial charge in [-0.2, -0.15) is 0 Å². The third-order valence-corrected chi connectivity index (χ3v) is 5.59. The zero-order chi connectivity index (χ0) is 23.8. The van der Waals surface area contributed by atoms with Gasteiger partial charge in [-0.25, -0.2) is 14.0 Å². The Labute approximate surface area is 194 Å². The van der Waals surface area contributed by atoms with Gasteiger partial charge in [0.2, 0.25) is 0 Å². The molecule has 3 N–H and O–H groups in total. The van der Waals surface area contributed by atoms with E-state index in [4.69, 9.17) is 4.74 Å². The molecule has 1 aliphatic rings. The summed E-state index contributed by atoms with van der Waals surface area (Å²) in [6, 6.07) is 13.1. The molecule has 1 fully saturated rings. The number of rotatable bonds is 6. The van der Waals surface area contributed by atoms with E-state index in [2.05, 4.69) is 48.9 Å². The lowest BCUT2D eigenvalue weighted by Crippen LogP contribution is -2.50. The molecule has 2 aromatic carbocycles. The first-order valence-corrected chi connectivity index (χ1v) is 11.3. The zero-order valence-corrected chi connectivity index (χ0v) is 19.5. The van der Waals surface area contributed by atoms with Crippen molar-refractivity contribution in [1.29, 1.82) is 0 Å². The lowest BCUT2D eigenvalue weighted by molar-refractivity contribution is 0.175. The van der Waals surface area contributed by atoms with Gasteiger partial charge in [0, 0.05) is 24.8 Å². The quantitative estimate of drug-likeness (QED) is 0.560. The van der Waals surface area contributed by atoms with Gasteiger partial charge in [0.25, 0.3) is 0 Å². The van der Waals surface area contributed by atoms with Gasteiger partial charge in [0.05, 0.1) is 6.54 Å². The predicted octanol–water partition coefficient (Wildman–Crippen LogP) is 4.50. The van der Waals surface area contributed by atoms with Crippen molar-refractivity contribution in [3.63, 3.8) is 0 Å². The van der Waals surface area contributed by atoms with E-state index in [0.717, 1.165) is 5.75 Å². The van der Waals surface area contributed by atoms with Crippen LogP contribution in [0.3, 0.4) is 0 Å². The van der Waals surface area contributed by atoms with Gasteiger partial charge < -0.3 is 25.6 Å². The van der Waals surface area contributed by atoms with E-state index in [1.807, 2.05) is 12.1 Å². The molecule has 1 heterocycles. The third-order valence-electron chi connectivity index (χ3n) is 5.59. The largest absolute Gasteiger partial charge is 0.492 e. The molecule has 0 saturated carbocycles. The maximum Gasteiger partial charge on any atom is 0.319 e. The Balaban J connectivity index is 1.31. The number of amides is 4. The standard InChI is InChI=1S/C25H33FN4O3/c1-25(2,3)18-4-10-22(11-5-18)33-17-14-27-24(32)30-15-12-21(13-16-30)29-23(31)28-20-8-6-19(26)7-9-20/h4-11,21H,12-17H2,1-3H3,(H,27,32)(H2,28,29,31). The van der Waals surface area contributed by atoms with E-state index in [-0.39, 0.29) is 29.3 Å². The number of nitrogens with one attached hydrogen (secondary N) is 3. The van der Waals surface area contributed by atoms with Crippen molar-refractivity contribution in [3.8, 4) is 5.75 Å². The van der Waals surface area contributed by atoms with Gasteiger partial charge in [-0.15, -0.1) is 0 Å². The molecule has 1 aliphatic heterocycles. The maximum absolute atomic E-state index is 13.0. The van der Waals surface area contributed by atoms with Gasteiger partial charge in [0.1, 0.15) is 18.2 Å². The van der Waals surface area contributed by atoms with Gasteiger partial charge in [-0.3, -0.25) is 0 Å². The fourth-order valence-corrected chi connectivity index (χ4v) is 3.60. The number of benzene rings is 2. The molecule has 0 spiro atoms. The summed E-state index contributed by atoms with van der Waals surface area (Å²) in [6.07, 6.45) is 1.34. The first kappa shape index (κ1) is 24.4. The molecule has 0 aromatic heterocycles. The number of hydrogen-bond acceptors (Lipinski definition) is 3. The molecule has 1 saturated heterocycles. The Kier molecular flexibility index (Phi) is 8.14. The minimum Gasteiger partial charge on any atom is -0.492 e. The van der Waals surface area contributed by atoms with Crippen LogP contribution in [0.5, 0.6) is 5.75 Å². The summed E-state index contributed by atoms with van der Waals surface area (Å²) in [6.45, 7) is 8.42. The Morgan fingerprint density at radius 3 is 2.27 bits per heavy atom. The van der Waals surface area contributed by atoms with Crippen LogP contribution < -0.4 is 20.7 Å². The summed E-state index contributed by atoms with van der Waals surface area (Å²) < 4.78 is 18.7. The Hall–Kier alpha value is -3.29. The topological polar surface area (TPSA) is 82.7 Å². The number of urea groups is 2. The number of halogens is 1. The molecule has 8 heteroatoms. The normalized spacial score (nSPS) is 14.5. The van der Waals surface area contributed by atoms with Crippen LogP contribution in [0.25, 0.3) is 0 Å². The van der Waals surface area contributed by atoms with Crippen LogP contribution in [0.1, 0.15) is 39.2 Å². The minimum atomic E-state index is -0.354. The number of nitrogens with zero attached hydrogens (tertiary/aromatic N) is 1. The lowest BCUT2D eigenvalue weighted by Gasteiger charge is -2.32. The van der Waals surface area contributed by atoms with Crippen LogP contribution in [-0.4, -0.2) is 49.2 Å². The summed E-state index contributed by atoms with van der Waals surface area (Å²) >= 11 is 0. The van der Waals surface area contributed by atoms with Gasteiger partial charge in [-0.05, 0) is 60.2 Å². The van der Waals surface area contributed by atoms with E-state index < -0.39 is 0 Å². The van der Waals surface area contributed by atoms with Gasteiger partial charge in [-0.1, -0.05) is 32.9 Å². The van der Waals surface area contributed by atoms with Crippen LogP contribution >= 0.6 is 0 Å². The van der Waals surface area contributed by atoms with E-state index in [9.17, 15) is 14.0 Å². The van der Waals surface area contributed by atoms with Crippen molar-refractivity contribution in [2.45, 2.75) is 45.1 Å². The van der Waals surface area contributed by atoms with Crippen LogP contribution in [-0.2, 0) is 5.41 Å². The van der Waals surface area contributed by atoms with Crippen LogP contribution in [0, 0.1) is 5.82 Å². The molecule has 4 amide bonds. The van der Waals surface area contributed by atoms with Crippen molar-refractivity contribution in [2.75, 3.05) is 31.6 Å². The molecule has 178 valence electrons. The molecule has 7 nitrogen and oxygen atoms in total. The molecule has 0 aliphatic carbocycles.